The van der Waals surface area contributed by atoms with Gasteiger partial charge in [-0.2, -0.15) is 13.2 Å². The summed E-state index contributed by atoms with van der Waals surface area (Å²) < 4.78 is 37.1. The summed E-state index contributed by atoms with van der Waals surface area (Å²) in [7, 11) is 0. The van der Waals surface area contributed by atoms with Crippen molar-refractivity contribution in [1.29, 1.82) is 0 Å². The van der Waals surface area contributed by atoms with Crippen molar-refractivity contribution in [2.75, 3.05) is 26.2 Å². The highest BCUT2D eigenvalue weighted by atomic mass is 19.4. The predicted octanol–water partition coefficient (Wildman–Crippen LogP) is 1.15. The Morgan fingerprint density at radius 1 is 1.20 bits per heavy atom. The second-order valence-corrected chi connectivity index (χ2v) is 4.47. The van der Waals surface area contributed by atoms with Crippen LogP contribution >= 0.6 is 0 Å². The van der Waals surface area contributed by atoms with Gasteiger partial charge in [-0.15, -0.1) is 0 Å². The molecule has 0 saturated carbocycles. The highest BCUT2D eigenvalue weighted by molar-refractivity contribution is 5.76. The van der Waals surface area contributed by atoms with E-state index in [0.29, 0.717) is 4.90 Å². The fraction of sp³-hybridized carbons (Fsp3) is 0.818. The average molecular weight is 300 g/mol. The standard InChI is InChI=1S/C11H19F3N2O4/c1-8(2)16(4-3-9(18)19)10(20)15(5-6-17)7-11(12,13)14/h8,17H,3-7H2,1-2H3,(H,18,19). The molecular formula is C11H19F3N2O4. The van der Waals surface area contributed by atoms with Crippen LogP contribution in [-0.2, 0) is 4.79 Å². The van der Waals surface area contributed by atoms with Crippen LogP contribution in [0.4, 0.5) is 18.0 Å². The van der Waals surface area contributed by atoms with Gasteiger partial charge in [-0.1, -0.05) is 0 Å². The number of halogens is 3. The zero-order valence-corrected chi connectivity index (χ0v) is 11.4. The molecule has 0 heterocycles. The molecule has 0 spiro atoms. The minimum absolute atomic E-state index is 0.189. The van der Waals surface area contributed by atoms with E-state index in [0.717, 1.165) is 4.90 Å². The quantitative estimate of drug-likeness (QED) is 0.739. The summed E-state index contributed by atoms with van der Waals surface area (Å²) >= 11 is 0. The maximum Gasteiger partial charge on any atom is 0.406 e. The van der Waals surface area contributed by atoms with E-state index in [1.54, 1.807) is 13.8 Å². The fourth-order valence-electron chi connectivity index (χ4n) is 1.55. The van der Waals surface area contributed by atoms with Gasteiger partial charge in [0.1, 0.15) is 6.54 Å². The van der Waals surface area contributed by atoms with Crippen LogP contribution in [0.15, 0.2) is 0 Å². The monoisotopic (exact) mass is 300 g/mol. The Balaban J connectivity index is 4.91. The van der Waals surface area contributed by atoms with Gasteiger partial charge in [0.15, 0.2) is 0 Å². The zero-order valence-electron chi connectivity index (χ0n) is 11.4. The molecule has 0 saturated heterocycles. The normalized spacial score (nSPS) is 11.6. The van der Waals surface area contributed by atoms with Crippen LogP contribution in [0.3, 0.4) is 0 Å². The Morgan fingerprint density at radius 3 is 2.10 bits per heavy atom. The first kappa shape index (κ1) is 18.5. The van der Waals surface area contributed by atoms with Gasteiger partial charge in [0, 0.05) is 19.1 Å². The molecule has 0 rings (SSSR count). The summed E-state index contributed by atoms with van der Waals surface area (Å²) in [5, 5.41) is 17.3. The molecule has 20 heavy (non-hydrogen) atoms. The number of hydrogen-bond donors (Lipinski definition) is 2. The summed E-state index contributed by atoms with van der Waals surface area (Å²) in [5.74, 6) is -1.15. The Labute approximate surface area is 114 Å². The number of hydrogen-bond acceptors (Lipinski definition) is 3. The van der Waals surface area contributed by atoms with Gasteiger partial charge >= 0.3 is 18.2 Å². The number of nitrogens with zero attached hydrogens (tertiary/aromatic N) is 2. The van der Waals surface area contributed by atoms with E-state index < -0.39 is 43.9 Å². The number of carbonyl (C=O) groups is 2. The first-order chi connectivity index (χ1) is 9.08. The number of aliphatic hydroxyl groups excluding tert-OH is 1. The third-order valence-corrected chi connectivity index (χ3v) is 2.45. The van der Waals surface area contributed by atoms with Crippen molar-refractivity contribution >= 4 is 12.0 Å². The first-order valence-electron chi connectivity index (χ1n) is 6.03. The van der Waals surface area contributed by atoms with Gasteiger partial charge in [0.05, 0.1) is 13.0 Å². The number of urea groups is 1. The lowest BCUT2D eigenvalue weighted by Gasteiger charge is -2.33. The van der Waals surface area contributed by atoms with E-state index in [-0.39, 0.29) is 13.0 Å². The number of carboxylic acids is 1. The lowest BCUT2D eigenvalue weighted by molar-refractivity contribution is -0.143. The summed E-state index contributed by atoms with van der Waals surface area (Å²) in [5.41, 5.74) is 0. The minimum Gasteiger partial charge on any atom is -0.481 e. The molecule has 0 aromatic carbocycles. The van der Waals surface area contributed by atoms with E-state index in [1.807, 2.05) is 0 Å². The Hall–Kier alpha value is -1.51. The molecule has 0 aromatic rings. The van der Waals surface area contributed by atoms with Crippen LogP contribution in [0.25, 0.3) is 0 Å². The van der Waals surface area contributed by atoms with Crippen molar-refractivity contribution in [2.24, 2.45) is 0 Å². The zero-order chi connectivity index (χ0) is 15.9. The van der Waals surface area contributed by atoms with E-state index in [2.05, 4.69) is 0 Å². The largest absolute Gasteiger partial charge is 0.481 e. The second-order valence-electron chi connectivity index (χ2n) is 4.47. The highest BCUT2D eigenvalue weighted by Gasteiger charge is 2.35. The summed E-state index contributed by atoms with van der Waals surface area (Å²) in [4.78, 5) is 24.0. The molecule has 0 bridgehead atoms. The Bertz CT molecular complexity index is 334. The van der Waals surface area contributed by atoms with Crippen LogP contribution in [-0.4, -0.2) is 70.5 Å². The maximum absolute atomic E-state index is 12.4. The minimum atomic E-state index is -4.58. The number of aliphatic hydroxyl groups is 1. The van der Waals surface area contributed by atoms with Crippen LogP contribution in [0.5, 0.6) is 0 Å². The lowest BCUT2D eigenvalue weighted by atomic mass is 10.3. The Morgan fingerprint density at radius 2 is 1.75 bits per heavy atom. The van der Waals surface area contributed by atoms with E-state index in [4.69, 9.17) is 10.2 Å². The van der Waals surface area contributed by atoms with Crippen molar-refractivity contribution in [3.63, 3.8) is 0 Å². The topological polar surface area (TPSA) is 81.1 Å². The number of carbonyl (C=O) groups excluding carboxylic acids is 1. The van der Waals surface area contributed by atoms with E-state index in [9.17, 15) is 22.8 Å². The van der Waals surface area contributed by atoms with Crippen LogP contribution < -0.4 is 0 Å². The number of amides is 2. The first-order valence-corrected chi connectivity index (χ1v) is 6.03. The van der Waals surface area contributed by atoms with Gasteiger partial charge in [0.25, 0.3) is 0 Å². The number of alkyl halides is 3. The van der Waals surface area contributed by atoms with Crippen molar-refractivity contribution in [3.05, 3.63) is 0 Å². The van der Waals surface area contributed by atoms with Crippen LogP contribution in [0, 0.1) is 0 Å². The molecule has 0 atom stereocenters. The van der Waals surface area contributed by atoms with Gasteiger partial charge in [-0.25, -0.2) is 4.79 Å². The highest BCUT2D eigenvalue weighted by Crippen LogP contribution is 2.18. The van der Waals surface area contributed by atoms with Crippen molar-refractivity contribution in [3.8, 4) is 0 Å². The molecule has 0 unspecified atom stereocenters. The Kier molecular flexibility index (Phi) is 7.33. The summed E-state index contributed by atoms with van der Waals surface area (Å²) in [6, 6.07) is -1.39. The van der Waals surface area contributed by atoms with Gasteiger partial charge in [-0.05, 0) is 13.8 Å². The molecule has 9 heteroatoms. The SMILES string of the molecule is CC(C)N(CCC(=O)O)C(=O)N(CCO)CC(F)(F)F. The van der Waals surface area contributed by atoms with Gasteiger partial charge in [-0.3, -0.25) is 4.79 Å². The molecule has 6 nitrogen and oxygen atoms in total. The van der Waals surface area contributed by atoms with Crippen molar-refractivity contribution in [1.82, 2.24) is 9.80 Å². The molecular weight excluding hydrogens is 281 g/mol. The molecule has 0 aliphatic heterocycles. The van der Waals surface area contributed by atoms with Gasteiger partial charge < -0.3 is 20.0 Å². The molecule has 0 fully saturated rings. The average Bonchev–Trinajstić information content (AvgIpc) is 2.25. The van der Waals surface area contributed by atoms with E-state index >= 15 is 0 Å². The number of carboxylic acid groups (broad SMARTS) is 1. The maximum atomic E-state index is 12.4. The van der Waals surface area contributed by atoms with Gasteiger partial charge in [0.2, 0.25) is 0 Å². The molecule has 0 radical (unpaired) electrons. The van der Waals surface area contributed by atoms with Crippen molar-refractivity contribution < 1.29 is 33.0 Å². The smallest absolute Gasteiger partial charge is 0.406 e. The molecule has 2 amide bonds. The lowest BCUT2D eigenvalue weighted by Crippen LogP contribution is -2.50. The second kappa shape index (κ2) is 7.93. The van der Waals surface area contributed by atoms with E-state index in [1.165, 1.54) is 0 Å². The molecule has 0 aliphatic carbocycles. The molecule has 118 valence electrons. The predicted molar refractivity (Wildman–Crippen MR) is 64.2 cm³/mol. The molecule has 0 aromatic heterocycles. The summed E-state index contributed by atoms with van der Waals surface area (Å²) in [6.45, 7) is 0.407. The molecule has 0 aliphatic rings. The third kappa shape index (κ3) is 7.17. The fourth-order valence-corrected chi connectivity index (χ4v) is 1.55. The number of rotatable bonds is 7. The van der Waals surface area contributed by atoms with Crippen LogP contribution in [0.1, 0.15) is 20.3 Å². The van der Waals surface area contributed by atoms with Crippen LogP contribution in [0.2, 0.25) is 0 Å². The number of aliphatic carboxylic acids is 1. The molecule has 2 N–H and O–H groups in total. The van der Waals surface area contributed by atoms with Crippen molar-refractivity contribution in [2.45, 2.75) is 32.5 Å². The summed E-state index contributed by atoms with van der Waals surface area (Å²) in [6.07, 6.45) is -4.94. The third-order valence-electron chi connectivity index (χ3n) is 2.45.